The first-order valence-electron chi connectivity index (χ1n) is 7.15. The van der Waals surface area contributed by atoms with E-state index in [1.54, 1.807) is 6.07 Å². The zero-order chi connectivity index (χ0) is 14.4. The summed E-state index contributed by atoms with van der Waals surface area (Å²) in [6.45, 7) is 1.67. The quantitative estimate of drug-likeness (QED) is 0.847. The molecule has 0 amide bonds. The Hall–Kier alpha value is -1.95. The van der Waals surface area contributed by atoms with Gasteiger partial charge in [-0.15, -0.1) is 0 Å². The summed E-state index contributed by atoms with van der Waals surface area (Å²) in [6.07, 6.45) is 3.69. The highest BCUT2D eigenvalue weighted by atomic mass is 19.1. The maximum atomic E-state index is 14.3. The molecule has 4 rings (SSSR count). The van der Waals surface area contributed by atoms with Gasteiger partial charge in [-0.05, 0) is 25.0 Å². The molecule has 0 bridgehead atoms. The molecule has 3 heterocycles. The van der Waals surface area contributed by atoms with Crippen LogP contribution in [0.2, 0.25) is 0 Å². The minimum absolute atomic E-state index is 0.204. The first-order chi connectivity index (χ1) is 10.3. The van der Waals surface area contributed by atoms with Crippen LogP contribution >= 0.6 is 0 Å². The lowest BCUT2D eigenvalue weighted by atomic mass is 10.1. The van der Waals surface area contributed by atoms with Crippen molar-refractivity contribution in [2.45, 2.75) is 25.0 Å². The second-order valence-electron chi connectivity index (χ2n) is 5.42. The Kier molecular flexibility index (Phi) is 2.92. The van der Waals surface area contributed by atoms with Crippen molar-refractivity contribution in [1.82, 2.24) is 9.97 Å². The SMILES string of the molecule is COc1ccc2c(N3CC[C@@H]4OCC[C@@H]43)ncnc2c1F. The average Bonchev–Trinajstić information content (AvgIpc) is 3.10. The van der Waals surface area contributed by atoms with Gasteiger partial charge in [-0.2, -0.15) is 0 Å². The van der Waals surface area contributed by atoms with Crippen molar-refractivity contribution in [1.29, 1.82) is 0 Å². The van der Waals surface area contributed by atoms with Crippen molar-refractivity contribution in [2.75, 3.05) is 25.2 Å². The number of halogens is 1. The van der Waals surface area contributed by atoms with Gasteiger partial charge < -0.3 is 14.4 Å². The average molecular weight is 289 g/mol. The Morgan fingerprint density at radius 1 is 1.33 bits per heavy atom. The molecular weight excluding hydrogens is 273 g/mol. The molecule has 2 aliphatic rings. The zero-order valence-electron chi connectivity index (χ0n) is 11.8. The van der Waals surface area contributed by atoms with E-state index in [4.69, 9.17) is 9.47 Å². The number of anilines is 1. The molecule has 2 atom stereocenters. The molecule has 5 nitrogen and oxygen atoms in total. The van der Waals surface area contributed by atoms with Gasteiger partial charge in [0.05, 0.1) is 19.3 Å². The van der Waals surface area contributed by atoms with Crippen LogP contribution in [0.25, 0.3) is 10.9 Å². The van der Waals surface area contributed by atoms with Crippen LogP contribution in [0.15, 0.2) is 18.5 Å². The van der Waals surface area contributed by atoms with E-state index in [9.17, 15) is 4.39 Å². The molecule has 21 heavy (non-hydrogen) atoms. The molecule has 1 aromatic heterocycles. The molecule has 110 valence electrons. The number of methoxy groups -OCH3 is 1. The van der Waals surface area contributed by atoms with Crippen molar-refractivity contribution in [3.05, 3.63) is 24.3 Å². The van der Waals surface area contributed by atoms with E-state index in [2.05, 4.69) is 14.9 Å². The summed E-state index contributed by atoms with van der Waals surface area (Å²) < 4.78 is 25.1. The Morgan fingerprint density at radius 2 is 2.24 bits per heavy atom. The summed E-state index contributed by atoms with van der Waals surface area (Å²) >= 11 is 0. The minimum Gasteiger partial charge on any atom is -0.494 e. The normalized spacial score (nSPS) is 24.6. The fraction of sp³-hybridized carbons (Fsp3) is 0.467. The predicted octanol–water partition coefficient (Wildman–Crippen LogP) is 2.15. The number of aromatic nitrogens is 2. The van der Waals surface area contributed by atoms with Gasteiger partial charge in [-0.3, -0.25) is 0 Å². The van der Waals surface area contributed by atoms with E-state index in [-0.39, 0.29) is 11.9 Å². The Labute approximate surface area is 121 Å². The number of nitrogens with zero attached hydrogens (tertiary/aromatic N) is 3. The molecule has 2 aromatic rings. The molecule has 2 aliphatic heterocycles. The fourth-order valence-corrected chi connectivity index (χ4v) is 3.41. The maximum Gasteiger partial charge on any atom is 0.191 e. The van der Waals surface area contributed by atoms with Crippen LogP contribution in [0.3, 0.4) is 0 Å². The van der Waals surface area contributed by atoms with Crippen LogP contribution in [0.4, 0.5) is 10.2 Å². The van der Waals surface area contributed by atoms with Gasteiger partial charge in [0.1, 0.15) is 17.7 Å². The molecular formula is C15H16FN3O2. The first-order valence-corrected chi connectivity index (χ1v) is 7.15. The number of benzene rings is 1. The molecule has 2 saturated heterocycles. The highest BCUT2D eigenvalue weighted by Crippen LogP contribution is 2.36. The van der Waals surface area contributed by atoms with Crippen molar-refractivity contribution in [3.8, 4) is 5.75 Å². The highest BCUT2D eigenvalue weighted by Gasteiger charge is 2.39. The number of fused-ring (bicyclic) bond motifs is 2. The molecule has 0 aliphatic carbocycles. The molecule has 0 saturated carbocycles. The van der Waals surface area contributed by atoms with Gasteiger partial charge in [-0.25, -0.2) is 14.4 Å². The third-order valence-electron chi connectivity index (χ3n) is 4.41. The summed E-state index contributed by atoms with van der Waals surface area (Å²) in [4.78, 5) is 10.7. The van der Waals surface area contributed by atoms with E-state index in [1.807, 2.05) is 6.07 Å². The molecule has 0 unspecified atom stereocenters. The number of hydrogen-bond acceptors (Lipinski definition) is 5. The number of ether oxygens (including phenoxy) is 2. The van der Waals surface area contributed by atoms with Crippen LogP contribution in [-0.4, -0.2) is 42.4 Å². The summed E-state index contributed by atoms with van der Waals surface area (Å²) in [5.74, 6) is 0.562. The molecule has 0 spiro atoms. The van der Waals surface area contributed by atoms with Gasteiger partial charge in [0.2, 0.25) is 0 Å². The summed E-state index contributed by atoms with van der Waals surface area (Å²) in [6, 6.07) is 3.80. The van der Waals surface area contributed by atoms with Crippen molar-refractivity contribution >= 4 is 16.7 Å². The minimum atomic E-state index is -0.433. The van der Waals surface area contributed by atoms with Crippen LogP contribution in [0.5, 0.6) is 5.75 Å². The van der Waals surface area contributed by atoms with E-state index in [0.717, 1.165) is 37.2 Å². The summed E-state index contributed by atoms with van der Waals surface area (Å²) in [5.41, 5.74) is 0.307. The fourth-order valence-electron chi connectivity index (χ4n) is 3.41. The van der Waals surface area contributed by atoms with Crippen molar-refractivity contribution in [3.63, 3.8) is 0 Å². The first kappa shape index (κ1) is 12.8. The van der Waals surface area contributed by atoms with Crippen LogP contribution in [0, 0.1) is 5.82 Å². The van der Waals surface area contributed by atoms with Gasteiger partial charge in [-0.1, -0.05) is 0 Å². The molecule has 0 radical (unpaired) electrons. The van der Waals surface area contributed by atoms with E-state index in [1.165, 1.54) is 13.4 Å². The second kappa shape index (κ2) is 4.80. The van der Waals surface area contributed by atoms with Gasteiger partial charge in [0.15, 0.2) is 11.6 Å². The third kappa shape index (κ3) is 1.86. The van der Waals surface area contributed by atoms with E-state index >= 15 is 0 Å². The van der Waals surface area contributed by atoms with Crippen molar-refractivity contribution in [2.24, 2.45) is 0 Å². The maximum absolute atomic E-state index is 14.3. The van der Waals surface area contributed by atoms with Gasteiger partial charge >= 0.3 is 0 Å². The summed E-state index contributed by atoms with van der Waals surface area (Å²) in [7, 11) is 1.45. The second-order valence-corrected chi connectivity index (χ2v) is 5.42. The van der Waals surface area contributed by atoms with Crippen LogP contribution < -0.4 is 9.64 Å². The van der Waals surface area contributed by atoms with Gasteiger partial charge in [0, 0.05) is 18.5 Å². The van der Waals surface area contributed by atoms with Crippen LogP contribution in [0.1, 0.15) is 12.8 Å². The molecule has 6 heteroatoms. The lowest BCUT2D eigenvalue weighted by Crippen LogP contribution is -2.32. The topological polar surface area (TPSA) is 47.5 Å². The summed E-state index contributed by atoms with van der Waals surface area (Å²) in [5, 5.41) is 0.725. The molecule has 2 fully saturated rings. The smallest absolute Gasteiger partial charge is 0.191 e. The Balaban J connectivity index is 1.84. The van der Waals surface area contributed by atoms with Gasteiger partial charge in [0.25, 0.3) is 0 Å². The molecule has 0 N–H and O–H groups in total. The van der Waals surface area contributed by atoms with E-state index < -0.39 is 5.82 Å². The van der Waals surface area contributed by atoms with Crippen molar-refractivity contribution < 1.29 is 13.9 Å². The van der Waals surface area contributed by atoms with E-state index in [0.29, 0.717) is 11.6 Å². The standard InChI is InChI=1S/C15H16FN3O2/c1-20-12-3-2-9-14(13(12)16)17-8-18-15(9)19-6-4-11-10(19)5-7-21-11/h2-3,8,10-11H,4-7H2,1H3/t10-,11-/m0/s1. The highest BCUT2D eigenvalue weighted by molar-refractivity contribution is 5.91. The number of hydrogen-bond donors (Lipinski definition) is 0. The zero-order valence-corrected chi connectivity index (χ0v) is 11.8. The molecule has 1 aromatic carbocycles. The third-order valence-corrected chi connectivity index (χ3v) is 4.41. The monoisotopic (exact) mass is 289 g/mol. The Bertz CT molecular complexity index is 694. The lowest BCUT2D eigenvalue weighted by Gasteiger charge is -2.25. The largest absolute Gasteiger partial charge is 0.494 e. The predicted molar refractivity (Wildman–Crippen MR) is 76.2 cm³/mol. The number of rotatable bonds is 2. The Morgan fingerprint density at radius 3 is 3.10 bits per heavy atom. The lowest BCUT2D eigenvalue weighted by molar-refractivity contribution is 0.113. The van der Waals surface area contributed by atoms with Crippen LogP contribution in [-0.2, 0) is 4.74 Å².